The van der Waals surface area contributed by atoms with Crippen LogP contribution in [0.2, 0.25) is 0 Å². The number of aliphatic hydroxyl groups is 1. The summed E-state index contributed by atoms with van der Waals surface area (Å²) in [5.74, 6) is -0.810. The monoisotopic (exact) mass is 384 g/mol. The van der Waals surface area contributed by atoms with Gasteiger partial charge in [-0.25, -0.2) is 9.78 Å². The molecule has 1 heterocycles. The van der Waals surface area contributed by atoms with Crippen molar-refractivity contribution in [1.29, 1.82) is 0 Å². The third-order valence-electron chi connectivity index (χ3n) is 4.30. The van der Waals surface area contributed by atoms with Crippen LogP contribution in [-0.4, -0.2) is 25.7 Å². The minimum absolute atomic E-state index is 0.0383. The maximum atomic E-state index is 13.6. The van der Waals surface area contributed by atoms with E-state index in [0.29, 0.717) is 17.9 Å². The predicted molar refractivity (Wildman–Crippen MR) is 93.7 cm³/mol. The Hall–Kier alpha value is -2.35. The quantitative estimate of drug-likeness (QED) is 0.817. The van der Waals surface area contributed by atoms with E-state index in [2.05, 4.69) is 4.98 Å². The van der Waals surface area contributed by atoms with Crippen LogP contribution < -0.4 is 0 Å². The fourth-order valence-corrected chi connectivity index (χ4v) is 3.21. The lowest BCUT2D eigenvalue weighted by molar-refractivity contribution is -0.139. The van der Waals surface area contributed by atoms with Gasteiger partial charge < -0.3 is 14.8 Å². The highest BCUT2D eigenvalue weighted by Gasteiger charge is 2.37. The van der Waals surface area contributed by atoms with Crippen LogP contribution in [0.4, 0.5) is 13.2 Å². The Morgan fingerprint density at radius 3 is 2.22 bits per heavy atom. The van der Waals surface area contributed by atoms with E-state index in [1.54, 1.807) is 11.5 Å². The number of hydrogen-bond acceptors (Lipinski definition) is 3. The molecule has 2 aromatic rings. The average Bonchev–Trinajstić information content (AvgIpc) is 2.92. The molecular formula is C19H23F3N2O3. The second-order valence-corrected chi connectivity index (χ2v) is 7.33. The van der Waals surface area contributed by atoms with Crippen molar-refractivity contribution in [2.45, 2.75) is 58.9 Å². The van der Waals surface area contributed by atoms with Crippen molar-refractivity contribution in [2.24, 2.45) is 0 Å². The Bertz CT molecular complexity index is 849. The largest absolute Gasteiger partial charge is 0.476 e. The molecule has 1 aromatic heterocycles. The van der Waals surface area contributed by atoms with E-state index >= 15 is 0 Å². The van der Waals surface area contributed by atoms with Crippen LogP contribution in [0.25, 0.3) is 0 Å². The number of nitrogens with zero attached hydrogens (tertiary/aromatic N) is 2. The molecule has 0 amide bonds. The number of aliphatic hydroxyl groups excluding tert-OH is 1. The molecule has 0 radical (unpaired) electrons. The van der Waals surface area contributed by atoms with E-state index in [1.807, 2.05) is 20.8 Å². The standard InChI is InChI=1S/C19H23F3N2O3/c1-5-13-15(16(26)27)23-17(18(2,3)4)24(13)9-11-7-6-8-12(10-25)14(11)19(20,21)22/h6-8,25H,5,9-10H2,1-4H3,(H,26,27). The van der Waals surface area contributed by atoms with E-state index in [9.17, 15) is 28.2 Å². The minimum atomic E-state index is -4.64. The fourth-order valence-electron chi connectivity index (χ4n) is 3.21. The summed E-state index contributed by atoms with van der Waals surface area (Å²) in [5, 5.41) is 18.8. The SMILES string of the molecule is CCc1c(C(=O)O)nc(C(C)(C)C)n1Cc1cccc(CO)c1C(F)(F)F. The van der Waals surface area contributed by atoms with E-state index in [4.69, 9.17) is 0 Å². The first-order chi connectivity index (χ1) is 12.4. The second kappa shape index (κ2) is 7.34. The number of alkyl halides is 3. The molecule has 0 saturated carbocycles. The Balaban J connectivity index is 2.73. The molecule has 0 saturated heterocycles. The van der Waals surface area contributed by atoms with E-state index in [-0.39, 0.29) is 23.4 Å². The molecule has 0 atom stereocenters. The zero-order chi connectivity index (χ0) is 20.6. The normalized spacial score (nSPS) is 12.4. The summed E-state index contributed by atoms with van der Waals surface area (Å²) < 4.78 is 42.4. The molecule has 2 N–H and O–H groups in total. The molecule has 0 bridgehead atoms. The lowest BCUT2D eigenvalue weighted by Gasteiger charge is -2.23. The summed E-state index contributed by atoms with van der Waals surface area (Å²) in [6.07, 6.45) is -4.33. The van der Waals surface area contributed by atoms with Crippen LogP contribution in [0.5, 0.6) is 0 Å². The molecule has 5 nitrogen and oxygen atoms in total. The summed E-state index contributed by atoms with van der Waals surface area (Å²) in [6, 6.07) is 4.02. The number of rotatable bonds is 5. The molecule has 2 rings (SSSR count). The van der Waals surface area contributed by atoms with E-state index in [0.717, 1.165) is 0 Å². The number of halogens is 3. The molecule has 0 aliphatic heterocycles. The van der Waals surface area contributed by atoms with Crippen LogP contribution in [0.1, 0.15) is 66.4 Å². The Morgan fingerprint density at radius 1 is 1.19 bits per heavy atom. The van der Waals surface area contributed by atoms with Gasteiger partial charge in [-0.2, -0.15) is 13.2 Å². The Kier molecular flexibility index (Phi) is 5.70. The fraction of sp³-hybridized carbons (Fsp3) is 0.474. The van der Waals surface area contributed by atoms with Gasteiger partial charge in [0.15, 0.2) is 5.69 Å². The summed E-state index contributed by atoms with van der Waals surface area (Å²) in [6.45, 7) is 6.29. The number of aromatic nitrogens is 2. The van der Waals surface area contributed by atoms with Gasteiger partial charge in [-0.3, -0.25) is 0 Å². The van der Waals surface area contributed by atoms with Gasteiger partial charge in [-0.05, 0) is 17.5 Å². The maximum Gasteiger partial charge on any atom is 0.417 e. The van der Waals surface area contributed by atoms with Gasteiger partial charge in [0.1, 0.15) is 5.82 Å². The number of hydrogen-bond donors (Lipinski definition) is 2. The van der Waals surface area contributed by atoms with Gasteiger partial charge in [-0.1, -0.05) is 45.9 Å². The van der Waals surface area contributed by atoms with Crippen molar-refractivity contribution in [3.8, 4) is 0 Å². The van der Waals surface area contributed by atoms with Crippen molar-refractivity contribution in [3.63, 3.8) is 0 Å². The summed E-state index contributed by atoms with van der Waals surface area (Å²) >= 11 is 0. The van der Waals surface area contributed by atoms with Gasteiger partial charge >= 0.3 is 12.1 Å². The smallest absolute Gasteiger partial charge is 0.417 e. The van der Waals surface area contributed by atoms with Crippen LogP contribution in [0.3, 0.4) is 0 Å². The second-order valence-electron chi connectivity index (χ2n) is 7.33. The topological polar surface area (TPSA) is 75.3 Å². The maximum absolute atomic E-state index is 13.6. The van der Waals surface area contributed by atoms with Gasteiger partial charge in [0.2, 0.25) is 0 Å². The van der Waals surface area contributed by atoms with Crippen molar-refractivity contribution >= 4 is 5.97 Å². The van der Waals surface area contributed by atoms with Crippen molar-refractivity contribution < 1.29 is 28.2 Å². The van der Waals surface area contributed by atoms with Crippen molar-refractivity contribution in [2.75, 3.05) is 0 Å². The summed E-state index contributed by atoms with van der Waals surface area (Å²) in [4.78, 5) is 15.8. The lowest BCUT2D eigenvalue weighted by Crippen LogP contribution is -2.22. The number of benzene rings is 1. The van der Waals surface area contributed by atoms with Gasteiger partial charge in [0.25, 0.3) is 0 Å². The number of imidazole rings is 1. The molecule has 148 valence electrons. The van der Waals surface area contributed by atoms with E-state index < -0.39 is 29.7 Å². The highest BCUT2D eigenvalue weighted by Crippen LogP contribution is 2.36. The van der Waals surface area contributed by atoms with Crippen LogP contribution in [0, 0.1) is 0 Å². The van der Waals surface area contributed by atoms with Gasteiger partial charge in [0.05, 0.1) is 17.9 Å². The van der Waals surface area contributed by atoms with Crippen molar-refractivity contribution in [3.05, 3.63) is 52.1 Å². The Morgan fingerprint density at radius 2 is 1.78 bits per heavy atom. The zero-order valence-electron chi connectivity index (χ0n) is 15.7. The number of carboxylic acids is 1. The number of carboxylic acid groups (broad SMARTS) is 1. The molecule has 0 unspecified atom stereocenters. The first-order valence-corrected chi connectivity index (χ1v) is 8.53. The summed E-state index contributed by atoms with van der Waals surface area (Å²) in [7, 11) is 0. The van der Waals surface area contributed by atoms with Crippen molar-refractivity contribution in [1.82, 2.24) is 9.55 Å². The van der Waals surface area contributed by atoms with Gasteiger partial charge in [-0.15, -0.1) is 0 Å². The van der Waals surface area contributed by atoms with E-state index in [1.165, 1.54) is 18.2 Å². The summed E-state index contributed by atoms with van der Waals surface area (Å²) in [5.41, 5.74) is -1.48. The molecular weight excluding hydrogens is 361 g/mol. The first-order valence-electron chi connectivity index (χ1n) is 8.53. The molecule has 0 spiro atoms. The Labute approximate surface area is 155 Å². The number of carbonyl (C=O) groups is 1. The van der Waals surface area contributed by atoms with Crippen LogP contribution in [0.15, 0.2) is 18.2 Å². The molecule has 0 fully saturated rings. The highest BCUT2D eigenvalue weighted by molar-refractivity contribution is 5.87. The van der Waals surface area contributed by atoms with Gasteiger partial charge in [0, 0.05) is 12.0 Å². The van der Waals surface area contributed by atoms with Crippen LogP contribution >= 0.6 is 0 Å². The molecule has 1 aromatic carbocycles. The lowest BCUT2D eigenvalue weighted by atomic mass is 9.95. The predicted octanol–water partition coefficient (Wildman–Crippen LogP) is 4.00. The zero-order valence-corrected chi connectivity index (χ0v) is 15.7. The van der Waals surface area contributed by atoms with Crippen LogP contribution in [-0.2, 0) is 31.2 Å². The third kappa shape index (κ3) is 4.16. The average molecular weight is 384 g/mol. The number of aromatic carboxylic acids is 1. The molecule has 0 aliphatic rings. The third-order valence-corrected chi connectivity index (χ3v) is 4.30. The molecule has 27 heavy (non-hydrogen) atoms. The first kappa shape index (κ1) is 21.0. The molecule has 0 aliphatic carbocycles. The minimum Gasteiger partial charge on any atom is -0.476 e. The highest BCUT2D eigenvalue weighted by atomic mass is 19.4. The molecule has 8 heteroatoms.